The number of hydrogen-bond acceptors (Lipinski definition) is 2. The molecule has 0 saturated carbocycles. The molecule has 2 aromatic rings. The van der Waals surface area contributed by atoms with Crippen LogP contribution in [0.4, 0.5) is 0 Å². The van der Waals surface area contributed by atoms with Crippen LogP contribution in [0.2, 0.25) is 5.02 Å². The number of fused-ring (bicyclic) bond motifs is 1. The van der Waals surface area contributed by atoms with Gasteiger partial charge in [-0.25, -0.2) is 0 Å². The van der Waals surface area contributed by atoms with Crippen LogP contribution in [0.15, 0.2) is 46.9 Å². The number of benzene rings is 2. The van der Waals surface area contributed by atoms with Crippen LogP contribution in [0.5, 0.6) is 5.75 Å². The van der Waals surface area contributed by atoms with Crippen molar-refractivity contribution < 1.29 is 9.53 Å². The van der Waals surface area contributed by atoms with E-state index in [2.05, 4.69) is 21.2 Å². The molecule has 3 nitrogen and oxygen atoms in total. The highest BCUT2D eigenvalue weighted by Gasteiger charge is 2.23. The van der Waals surface area contributed by atoms with Crippen LogP contribution in [0.3, 0.4) is 0 Å². The molecule has 0 aromatic heterocycles. The summed E-state index contributed by atoms with van der Waals surface area (Å²) in [5.41, 5.74) is 1.64. The van der Waals surface area contributed by atoms with E-state index in [0.717, 1.165) is 12.2 Å². The zero-order valence-corrected chi connectivity index (χ0v) is 13.4. The Bertz CT molecular complexity index is 665. The molecule has 0 saturated heterocycles. The Hall–Kier alpha value is -1.52. The lowest BCUT2D eigenvalue weighted by atomic mass is 10.1. The molecule has 1 atom stereocenters. The van der Waals surface area contributed by atoms with Crippen molar-refractivity contribution in [3.05, 3.63) is 63.1 Å². The Balaban J connectivity index is 1.62. The van der Waals surface area contributed by atoms with E-state index in [1.54, 1.807) is 18.2 Å². The molecule has 2 aromatic carbocycles. The predicted molar refractivity (Wildman–Crippen MR) is 86.0 cm³/mol. The van der Waals surface area contributed by atoms with Crippen LogP contribution < -0.4 is 10.1 Å². The Morgan fingerprint density at radius 3 is 2.90 bits per heavy atom. The van der Waals surface area contributed by atoms with Gasteiger partial charge in [0.05, 0.1) is 17.1 Å². The monoisotopic (exact) mass is 365 g/mol. The largest absolute Gasteiger partial charge is 0.488 e. The average molecular weight is 367 g/mol. The van der Waals surface area contributed by atoms with Gasteiger partial charge in [-0.1, -0.05) is 35.9 Å². The fourth-order valence-corrected chi connectivity index (χ4v) is 2.93. The van der Waals surface area contributed by atoms with E-state index in [1.807, 2.05) is 24.3 Å². The van der Waals surface area contributed by atoms with Gasteiger partial charge < -0.3 is 10.1 Å². The highest BCUT2D eigenvalue weighted by Crippen LogP contribution is 2.28. The summed E-state index contributed by atoms with van der Waals surface area (Å²) in [6, 6.07) is 13.2. The summed E-state index contributed by atoms with van der Waals surface area (Å²) < 4.78 is 6.50. The predicted octanol–water partition coefficient (Wildman–Crippen LogP) is 3.84. The summed E-state index contributed by atoms with van der Waals surface area (Å²) in [5.74, 6) is 0.707. The SMILES string of the molecule is O=C(NCC1Cc2ccccc2O1)c1cccc(Br)c1Cl. The van der Waals surface area contributed by atoms with E-state index in [1.165, 1.54) is 5.56 Å². The van der Waals surface area contributed by atoms with Gasteiger partial charge in [0.15, 0.2) is 0 Å². The molecule has 3 rings (SSSR count). The molecule has 1 unspecified atom stereocenters. The molecule has 5 heteroatoms. The third-order valence-electron chi connectivity index (χ3n) is 3.40. The number of carbonyl (C=O) groups excluding carboxylic acids is 1. The Kier molecular flexibility index (Phi) is 4.17. The molecule has 0 bridgehead atoms. The van der Waals surface area contributed by atoms with Crippen molar-refractivity contribution >= 4 is 33.4 Å². The minimum Gasteiger partial charge on any atom is -0.488 e. The minimum absolute atomic E-state index is 0.0303. The number of hydrogen-bond donors (Lipinski definition) is 1. The second-order valence-electron chi connectivity index (χ2n) is 4.86. The van der Waals surface area contributed by atoms with E-state index in [4.69, 9.17) is 16.3 Å². The average Bonchev–Trinajstić information content (AvgIpc) is 2.90. The third-order valence-corrected chi connectivity index (χ3v) is 4.70. The first-order valence-corrected chi connectivity index (χ1v) is 7.79. The smallest absolute Gasteiger partial charge is 0.252 e. The zero-order valence-electron chi connectivity index (χ0n) is 11.1. The first-order chi connectivity index (χ1) is 10.1. The quantitative estimate of drug-likeness (QED) is 0.896. The topological polar surface area (TPSA) is 38.3 Å². The number of ether oxygens (including phenoxy) is 1. The number of halogens is 2. The van der Waals surface area contributed by atoms with Crippen LogP contribution in [0.25, 0.3) is 0 Å². The van der Waals surface area contributed by atoms with Crippen LogP contribution in [-0.2, 0) is 6.42 Å². The van der Waals surface area contributed by atoms with Gasteiger partial charge in [0.25, 0.3) is 5.91 Å². The number of carbonyl (C=O) groups is 1. The van der Waals surface area contributed by atoms with Crippen LogP contribution in [-0.4, -0.2) is 18.6 Å². The molecule has 108 valence electrons. The van der Waals surface area contributed by atoms with Crippen molar-refractivity contribution in [2.75, 3.05) is 6.54 Å². The van der Waals surface area contributed by atoms with E-state index in [0.29, 0.717) is 21.6 Å². The van der Waals surface area contributed by atoms with Gasteiger partial charge in [-0.05, 0) is 39.7 Å². The first kappa shape index (κ1) is 14.4. The van der Waals surface area contributed by atoms with Crippen molar-refractivity contribution in [1.29, 1.82) is 0 Å². The maximum absolute atomic E-state index is 12.2. The molecule has 1 N–H and O–H groups in total. The van der Waals surface area contributed by atoms with E-state index >= 15 is 0 Å². The molecule has 1 aliphatic rings. The van der Waals surface area contributed by atoms with Gasteiger partial charge in [-0.15, -0.1) is 0 Å². The molecule has 1 amide bonds. The van der Waals surface area contributed by atoms with Crippen molar-refractivity contribution in [3.8, 4) is 5.75 Å². The molecule has 21 heavy (non-hydrogen) atoms. The van der Waals surface area contributed by atoms with Crippen molar-refractivity contribution in [3.63, 3.8) is 0 Å². The number of nitrogens with one attached hydrogen (secondary N) is 1. The molecule has 1 heterocycles. The van der Waals surface area contributed by atoms with E-state index < -0.39 is 0 Å². The highest BCUT2D eigenvalue weighted by molar-refractivity contribution is 9.10. The summed E-state index contributed by atoms with van der Waals surface area (Å²) in [4.78, 5) is 12.2. The summed E-state index contributed by atoms with van der Waals surface area (Å²) in [6.45, 7) is 0.455. The fraction of sp³-hybridized carbons (Fsp3) is 0.188. The molecule has 0 fully saturated rings. The lowest BCUT2D eigenvalue weighted by molar-refractivity contribution is 0.0933. The van der Waals surface area contributed by atoms with Gasteiger partial charge in [-0.2, -0.15) is 0 Å². The van der Waals surface area contributed by atoms with Gasteiger partial charge in [0, 0.05) is 10.9 Å². The highest BCUT2D eigenvalue weighted by atomic mass is 79.9. The lowest BCUT2D eigenvalue weighted by Crippen LogP contribution is -2.34. The maximum atomic E-state index is 12.2. The van der Waals surface area contributed by atoms with Crippen LogP contribution in [0, 0.1) is 0 Å². The first-order valence-electron chi connectivity index (χ1n) is 6.62. The Morgan fingerprint density at radius 1 is 1.29 bits per heavy atom. The number of para-hydroxylation sites is 1. The maximum Gasteiger partial charge on any atom is 0.252 e. The van der Waals surface area contributed by atoms with Gasteiger partial charge in [0.2, 0.25) is 0 Å². The summed E-state index contributed by atoms with van der Waals surface area (Å²) in [5, 5.41) is 3.30. The molecule has 0 spiro atoms. The standard InChI is InChI=1S/C16H13BrClNO2/c17-13-6-3-5-12(15(13)18)16(20)19-9-11-8-10-4-1-2-7-14(10)21-11/h1-7,11H,8-9H2,(H,19,20). The third kappa shape index (κ3) is 3.06. The number of rotatable bonds is 3. The Labute approximate surface area is 136 Å². The van der Waals surface area contributed by atoms with E-state index in [9.17, 15) is 4.79 Å². The van der Waals surface area contributed by atoms with Gasteiger partial charge >= 0.3 is 0 Å². The summed E-state index contributed by atoms with van der Waals surface area (Å²) in [7, 11) is 0. The van der Waals surface area contributed by atoms with E-state index in [-0.39, 0.29) is 12.0 Å². The second kappa shape index (κ2) is 6.08. The normalized spacial score (nSPS) is 16.2. The van der Waals surface area contributed by atoms with Crippen molar-refractivity contribution in [2.45, 2.75) is 12.5 Å². The molecule has 0 radical (unpaired) electrons. The van der Waals surface area contributed by atoms with Gasteiger partial charge in [0.1, 0.15) is 11.9 Å². The van der Waals surface area contributed by atoms with Crippen molar-refractivity contribution in [1.82, 2.24) is 5.32 Å². The van der Waals surface area contributed by atoms with Crippen LogP contribution >= 0.6 is 27.5 Å². The minimum atomic E-state index is -0.194. The van der Waals surface area contributed by atoms with Crippen LogP contribution in [0.1, 0.15) is 15.9 Å². The lowest BCUT2D eigenvalue weighted by Gasteiger charge is -2.12. The molecule has 0 aliphatic carbocycles. The second-order valence-corrected chi connectivity index (χ2v) is 6.10. The Morgan fingerprint density at radius 2 is 2.10 bits per heavy atom. The molecular weight excluding hydrogens is 354 g/mol. The number of amides is 1. The van der Waals surface area contributed by atoms with Gasteiger partial charge in [-0.3, -0.25) is 4.79 Å². The van der Waals surface area contributed by atoms with Crippen molar-refractivity contribution in [2.24, 2.45) is 0 Å². The zero-order chi connectivity index (χ0) is 14.8. The molecular formula is C16H13BrClNO2. The summed E-state index contributed by atoms with van der Waals surface area (Å²) in [6.07, 6.45) is 0.778. The fourth-order valence-electron chi connectivity index (χ4n) is 2.35. The molecule has 1 aliphatic heterocycles. The summed E-state index contributed by atoms with van der Waals surface area (Å²) >= 11 is 9.43.